The van der Waals surface area contributed by atoms with Crippen molar-refractivity contribution < 1.29 is 33.3 Å². The lowest BCUT2D eigenvalue weighted by Gasteiger charge is -2.26. The highest BCUT2D eigenvalue weighted by molar-refractivity contribution is 6.03. The van der Waals surface area contributed by atoms with Crippen LogP contribution in [0, 0.1) is 5.92 Å². The van der Waals surface area contributed by atoms with Gasteiger partial charge in [0.05, 0.1) is 14.2 Å². The summed E-state index contributed by atoms with van der Waals surface area (Å²) in [4.78, 5) is 25.8. The second kappa shape index (κ2) is 12.4. The van der Waals surface area contributed by atoms with E-state index in [0.717, 1.165) is 5.56 Å². The number of methoxy groups -OCH3 is 2. The lowest BCUT2D eigenvalue weighted by Crippen LogP contribution is -2.42. The number of hydrogen-bond acceptors (Lipinski definition) is 7. The van der Waals surface area contributed by atoms with E-state index in [-0.39, 0.29) is 18.6 Å². The van der Waals surface area contributed by atoms with E-state index < -0.39 is 17.9 Å². The molecule has 0 unspecified atom stereocenters. The van der Waals surface area contributed by atoms with Crippen molar-refractivity contribution in [2.75, 3.05) is 27.4 Å². The molecule has 0 saturated carbocycles. The van der Waals surface area contributed by atoms with Crippen LogP contribution in [0.1, 0.15) is 30.6 Å². The summed E-state index contributed by atoms with van der Waals surface area (Å²) in [6.45, 7) is 4.58. The van der Waals surface area contributed by atoms with Gasteiger partial charge in [0.25, 0.3) is 5.91 Å². The van der Waals surface area contributed by atoms with Gasteiger partial charge in [-0.05, 0) is 48.7 Å². The molecule has 0 aromatic heterocycles. The zero-order valence-corrected chi connectivity index (χ0v) is 22.1. The van der Waals surface area contributed by atoms with E-state index in [2.05, 4.69) is 5.32 Å². The number of hydrogen-bond donors (Lipinski definition) is 1. The minimum absolute atomic E-state index is 0.182. The van der Waals surface area contributed by atoms with Gasteiger partial charge in [-0.2, -0.15) is 0 Å². The monoisotopic (exact) mass is 519 g/mol. The quantitative estimate of drug-likeness (QED) is 0.381. The summed E-state index contributed by atoms with van der Waals surface area (Å²) in [5.74, 6) is 1.84. The molecule has 1 N–H and O–H groups in total. The van der Waals surface area contributed by atoms with Crippen molar-refractivity contribution in [3.8, 4) is 34.1 Å². The van der Waals surface area contributed by atoms with E-state index in [4.69, 9.17) is 23.7 Å². The van der Waals surface area contributed by atoms with Gasteiger partial charge in [0.15, 0.2) is 17.6 Å². The lowest BCUT2D eigenvalue weighted by atomic mass is 9.97. The molecular weight excluding hydrogens is 486 g/mol. The smallest absolute Gasteiger partial charge is 0.328 e. The van der Waals surface area contributed by atoms with Crippen molar-refractivity contribution in [1.82, 2.24) is 5.32 Å². The molecule has 1 aliphatic heterocycles. The number of carbonyl (C=O) groups excluding carboxylic acids is 2. The summed E-state index contributed by atoms with van der Waals surface area (Å²) < 4.78 is 28.3. The van der Waals surface area contributed by atoms with Crippen molar-refractivity contribution in [2.45, 2.75) is 32.4 Å². The third kappa shape index (κ3) is 6.37. The van der Waals surface area contributed by atoms with E-state index in [9.17, 15) is 9.59 Å². The van der Waals surface area contributed by atoms with E-state index in [1.807, 2.05) is 62.4 Å². The zero-order chi connectivity index (χ0) is 27.1. The Kier molecular flexibility index (Phi) is 8.73. The fourth-order valence-electron chi connectivity index (χ4n) is 4.30. The predicted molar refractivity (Wildman–Crippen MR) is 143 cm³/mol. The highest BCUT2D eigenvalue weighted by Gasteiger charge is 2.26. The van der Waals surface area contributed by atoms with Crippen LogP contribution in [-0.2, 0) is 9.53 Å². The third-order valence-corrected chi connectivity index (χ3v) is 6.13. The molecule has 8 nitrogen and oxygen atoms in total. The van der Waals surface area contributed by atoms with Gasteiger partial charge in [-0.25, -0.2) is 4.79 Å². The predicted octanol–water partition coefficient (Wildman–Crippen LogP) is 4.90. The molecule has 4 rings (SSSR count). The lowest BCUT2D eigenvalue weighted by molar-refractivity contribution is -0.143. The van der Waals surface area contributed by atoms with Crippen molar-refractivity contribution in [1.29, 1.82) is 0 Å². The molecule has 38 heavy (non-hydrogen) atoms. The largest absolute Gasteiger partial charge is 0.496 e. The molecule has 1 heterocycles. The Bertz CT molecular complexity index is 1270. The zero-order valence-electron chi connectivity index (χ0n) is 22.1. The molecule has 3 aromatic rings. The molecule has 2 atom stereocenters. The number of benzene rings is 3. The molecule has 0 spiro atoms. The Morgan fingerprint density at radius 2 is 1.71 bits per heavy atom. The Morgan fingerprint density at radius 1 is 0.974 bits per heavy atom. The minimum Gasteiger partial charge on any atom is -0.496 e. The fourth-order valence-corrected chi connectivity index (χ4v) is 4.30. The summed E-state index contributed by atoms with van der Waals surface area (Å²) in [5.41, 5.74) is 1.71. The Hall–Kier alpha value is -4.20. The SMILES string of the molecule is COC(=O)[C@H](CC(C)C)NC(=O)c1ccc(OC[C@H]2COc3ccccc3O2)cc1-c1ccccc1OC. The van der Waals surface area contributed by atoms with E-state index >= 15 is 0 Å². The number of ether oxygens (including phenoxy) is 5. The third-order valence-electron chi connectivity index (χ3n) is 6.13. The van der Waals surface area contributed by atoms with Gasteiger partial charge in [-0.15, -0.1) is 0 Å². The molecule has 3 aromatic carbocycles. The summed E-state index contributed by atoms with van der Waals surface area (Å²) in [6, 6.07) is 19.4. The molecule has 0 fully saturated rings. The molecule has 1 aliphatic rings. The topological polar surface area (TPSA) is 92.3 Å². The highest BCUT2D eigenvalue weighted by Crippen LogP contribution is 2.35. The fraction of sp³-hybridized carbons (Fsp3) is 0.333. The number of rotatable bonds is 10. The van der Waals surface area contributed by atoms with Gasteiger partial charge in [-0.1, -0.05) is 44.2 Å². The van der Waals surface area contributed by atoms with Crippen molar-refractivity contribution in [3.63, 3.8) is 0 Å². The molecule has 0 aliphatic carbocycles. The molecule has 1 amide bonds. The number of esters is 1. The van der Waals surface area contributed by atoms with Crippen LogP contribution >= 0.6 is 0 Å². The second-order valence-electron chi connectivity index (χ2n) is 9.40. The van der Waals surface area contributed by atoms with Crippen LogP contribution in [0.15, 0.2) is 66.7 Å². The Balaban J connectivity index is 1.59. The first-order chi connectivity index (χ1) is 18.4. The minimum atomic E-state index is -0.764. The number of amides is 1. The van der Waals surface area contributed by atoms with Crippen LogP contribution < -0.4 is 24.3 Å². The Labute approximate surface area is 222 Å². The van der Waals surface area contributed by atoms with Gasteiger partial charge in [0, 0.05) is 16.7 Å². The highest BCUT2D eigenvalue weighted by atomic mass is 16.6. The Morgan fingerprint density at radius 3 is 2.45 bits per heavy atom. The standard InChI is InChI=1S/C30H33NO7/c1-19(2)15-25(30(33)35-4)31-29(32)23-14-13-20(16-24(23)22-9-5-6-10-26(22)34-3)36-17-21-18-37-27-11-7-8-12-28(27)38-21/h5-14,16,19,21,25H,15,17-18H2,1-4H3,(H,31,32)/t21-,25-/m0/s1. The van der Waals surface area contributed by atoms with Crippen LogP contribution in [0.3, 0.4) is 0 Å². The van der Waals surface area contributed by atoms with Gasteiger partial charge in [-0.3, -0.25) is 4.79 Å². The van der Waals surface area contributed by atoms with Gasteiger partial charge in [0.1, 0.15) is 30.8 Å². The summed E-state index contributed by atoms with van der Waals surface area (Å²) in [5, 5.41) is 2.84. The normalized spacial score (nSPS) is 14.9. The van der Waals surface area contributed by atoms with Crippen LogP contribution in [0.5, 0.6) is 23.0 Å². The number of carbonyl (C=O) groups is 2. The average molecular weight is 520 g/mol. The van der Waals surface area contributed by atoms with Crippen LogP contribution in [0.25, 0.3) is 11.1 Å². The maximum absolute atomic E-state index is 13.4. The van der Waals surface area contributed by atoms with Gasteiger partial charge < -0.3 is 29.0 Å². The van der Waals surface area contributed by atoms with Gasteiger partial charge in [0.2, 0.25) is 0 Å². The second-order valence-corrected chi connectivity index (χ2v) is 9.40. The average Bonchev–Trinajstić information content (AvgIpc) is 2.94. The molecule has 0 saturated heterocycles. The summed E-state index contributed by atoms with van der Waals surface area (Å²) >= 11 is 0. The van der Waals surface area contributed by atoms with E-state index in [1.54, 1.807) is 25.3 Å². The van der Waals surface area contributed by atoms with Gasteiger partial charge >= 0.3 is 5.97 Å². The molecule has 200 valence electrons. The first kappa shape index (κ1) is 26.9. The van der Waals surface area contributed by atoms with E-state index in [0.29, 0.717) is 47.2 Å². The van der Waals surface area contributed by atoms with Crippen molar-refractivity contribution in [3.05, 3.63) is 72.3 Å². The molecule has 0 radical (unpaired) electrons. The molecule has 0 bridgehead atoms. The number of nitrogens with one attached hydrogen (secondary N) is 1. The molecular formula is C30H33NO7. The van der Waals surface area contributed by atoms with Crippen molar-refractivity contribution in [2.24, 2.45) is 5.92 Å². The first-order valence-electron chi connectivity index (χ1n) is 12.6. The van der Waals surface area contributed by atoms with E-state index in [1.165, 1.54) is 7.11 Å². The maximum Gasteiger partial charge on any atom is 0.328 e. The first-order valence-corrected chi connectivity index (χ1v) is 12.6. The van der Waals surface area contributed by atoms with Crippen LogP contribution in [0.2, 0.25) is 0 Å². The number of para-hydroxylation sites is 3. The van der Waals surface area contributed by atoms with Crippen molar-refractivity contribution >= 4 is 11.9 Å². The number of fused-ring (bicyclic) bond motifs is 1. The van der Waals surface area contributed by atoms with Crippen LogP contribution in [0.4, 0.5) is 0 Å². The summed E-state index contributed by atoms with van der Waals surface area (Å²) in [7, 11) is 2.89. The molecule has 8 heteroatoms. The maximum atomic E-state index is 13.4. The summed E-state index contributed by atoms with van der Waals surface area (Å²) in [6.07, 6.45) is 0.162. The van der Waals surface area contributed by atoms with Crippen LogP contribution in [-0.4, -0.2) is 51.5 Å².